The molecule has 1 N–H and O–H groups in total. The minimum absolute atomic E-state index is 0.243. The molecular weight excluding hydrogens is 246 g/mol. The monoisotopic (exact) mass is 267 g/mol. The van der Waals surface area contributed by atoms with Crippen molar-refractivity contribution in [1.29, 1.82) is 0 Å². The van der Waals surface area contributed by atoms with E-state index in [4.69, 9.17) is 14.3 Å². The van der Waals surface area contributed by atoms with E-state index in [-0.39, 0.29) is 12.6 Å². The number of rotatable bonds is 5. The molecule has 0 spiro atoms. The number of furan rings is 1. The fraction of sp³-hybridized carbons (Fsp3) is 0.643. The van der Waals surface area contributed by atoms with Gasteiger partial charge in [-0.25, -0.2) is 4.79 Å². The summed E-state index contributed by atoms with van der Waals surface area (Å²) in [7, 11) is 1.37. The maximum Gasteiger partial charge on any atom is 0.341 e. The van der Waals surface area contributed by atoms with Gasteiger partial charge in [-0.3, -0.25) is 4.90 Å². The number of aliphatic hydroxyl groups is 1. The second-order valence-electron chi connectivity index (χ2n) is 5.00. The van der Waals surface area contributed by atoms with Gasteiger partial charge >= 0.3 is 5.97 Å². The second-order valence-corrected chi connectivity index (χ2v) is 5.00. The Morgan fingerprint density at radius 3 is 3.21 bits per heavy atom. The summed E-state index contributed by atoms with van der Waals surface area (Å²) >= 11 is 0. The summed E-state index contributed by atoms with van der Waals surface area (Å²) in [5, 5.41) is 9.01. The number of piperidine rings is 1. The lowest BCUT2D eigenvalue weighted by atomic mass is 9.95. The molecule has 1 unspecified atom stereocenters. The fourth-order valence-electron chi connectivity index (χ4n) is 2.67. The highest BCUT2D eigenvalue weighted by atomic mass is 16.5. The van der Waals surface area contributed by atoms with Crippen LogP contribution in [0.3, 0.4) is 0 Å². The molecule has 0 aliphatic carbocycles. The molecule has 2 rings (SSSR count). The molecule has 1 aliphatic rings. The van der Waals surface area contributed by atoms with Crippen LogP contribution in [0.5, 0.6) is 0 Å². The standard InChI is InChI=1S/C14H21NO4/c1-18-14(17)12-5-8-19-13(12)10-15-6-2-3-11(9-15)4-7-16/h5,8,11,16H,2-4,6-7,9-10H2,1H3. The van der Waals surface area contributed by atoms with E-state index in [1.54, 1.807) is 6.07 Å². The first-order valence-corrected chi connectivity index (χ1v) is 6.72. The lowest BCUT2D eigenvalue weighted by molar-refractivity contribution is 0.0594. The second kappa shape index (κ2) is 6.73. The highest BCUT2D eigenvalue weighted by Crippen LogP contribution is 2.22. The minimum Gasteiger partial charge on any atom is -0.467 e. The van der Waals surface area contributed by atoms with Gasteiger partial charge in [0.05, 0.1) is 19.9 Å². The largest absolute Gasteiger partial charge is 0.467 e. The maximum atomic E-state index is 11.6. The van der Waals surface area contributed by atoms with Crippen molar-refractivity contribution < 1.29 is 19.1 Å². The normalized spacial score (nSPS) is 20.4. The number of likely N-dealkylation sites (tertiary alicyclic amines) is 1. The van der Waals surface area contributed by atoms with Crippen molar-refractivity contribution in [1.82, 2.24) is 4.90 Å². The van der Waals surface area contributed by atoms with E-state index < -0.39 is 0 Å². The van der Waals surface area contributed by atoms with Crippen LogP contribution in [0.1, 0.15) is 35.4 Å². The Morgan fingerprint density at radius 1 is 1.63 bits per heavy atom. The van der Waals surface area contributed by atoms with Gasteiger partial charge in [-0.2, -0.15) is 0 Å². The van der Waals surface area contributed by atoms with Gasteiger partial charge in [-0.1, -0.05) is 0 Å². The zero-order valence-corrected chi connectivity index (χ0v) is 11.3. The van der Waals surface area contributed by atoms with E-state index in [1.807, 2.05) is 0 Å². The average molecular weight is 267 g/mol. The van der Waals surface area contributed by atoms with Crippen molar-refractivity contribution in [3.8, 4) is 0 Å². The third-order valence-electron chi connectivity index (χ3n) is 3.66. The molecule has 5 heteroatoms. The minimum atomic E-state index is -0.354. The van der Waals surface area contributed by atoms with Gasteiger partial charge < -0.3 is 14.3 Å². The Bertz CT molecular complexity index is 413. The summed E-state index contributed by atoms with van der Waals surface area (Å²) in [4.78, 5) is 13.8. The Kier molecular flexibility index (Phi) is 4.99. The Morgan fingerprint density at radius 2 is 2.47 bits per heavy atom. The number of hydrogen-bond donors (Lipinski definition) is 1. The summed E-state index contributed by atoms with van der Waals surface area (Å²) in [6.45, 7) is 2.82. The van der Waals surface area contributed by atoms with Crippen LogP contribution in [0.25, 0.3) is 0 Å². The first kappa shape index (κ1) is 14.1. The molecule has 1 aromatic rings. The third kappa shape index (κ3) is 3.58. The summed E-state index contributed by atoms with van der Waals surface area (Å²) in [5.41, 5.74) is 0.506. The summed E-state index contributed by atoms with van der Waals surface area (Å²) in [6, 6.07) is 1.65. The Balaban J connectivity index is 1.97. The molecule has 5 nitrogen and oxygen atoms in total. The van der Waals surface area contributed by atoms with Gasteiger partial charge in [0, 0.05) is 13.2 Å². The van der Waals surface area contributed by atoms with Crippen LogP contribution in [0, 0.1) is 5.92 Å². The molecule has 0 amide bonds. The lowest BCUT2D eigenvalue weighted by Gasteiger charge is -2.31. The fourth-order valence-corrected chi connectivity index (χ4v) is 2.67. The first-order valence-electron chi connectivity index (χ1n) is 6.72. The molecule has 1 aromatic heterocycles. The summed E-state index contributed by atoms with van der Waals surface area (Å²) in [6.07, 6.45) is 4.66. The maximum absolute atomic E-state index is 11.6. The smallest absolute Gasteiger partial charge is 0.341 e. The molecule has 0 aromatic carbocycles. The summed E-state index contributed by atoms with van der Waals surface area (Å²) in [5.74, 6) is 0.847. The number of carbonyl (C=O) groups excluding carboxylic acids is 1. The molecule has 0 saturated carbocycles. The number of esters is 1. The van der Waals surface area contributed by atoms with Gasteiger partial charge in [-0.15, -0.1) is 0 Å². The topological polar surface area (TPSA) is 62.9 Å². The summed E-state index contributed by atoms with van der Waals surface area (Å²) < 4.78 is 10.1. The van der Waals surface area contributed by atoms with Crippen LogP contribution in [0.2, 0.25) is 0 Å². The Hall–Kier alpha value is -1.33. The van der Waals surface area contributed by atoms with Crippen molar-refractivity contribution in [3.63, 3.8) is 0 Å². The van der Waals surface area contributed by atoms with Gasteiger partial charge in [0.1, 0.15) is 11.3 Å². The van der Waals surface area contributed by atoms with E-state index in [0.29, 0.717) is 23.8 Å². The Labute approximate surface area is 113 Å². The van der Waals surface area contributed by atoms with Gasteiger partial charge in [0.2, 0.25) is 0 Å². The van der Waals surface area contributed by atoms with Crippen LogP contribution < -0.4 is 0 Å². The zero-order chi connectivity index (χ0) is 13.7. The van der Waals surface area contributed by atoms with E-state index >= 15 is 0 Å². The number of hydrogen-bond acceptors (Lipinski definition) is 5. The first-order chi connectivity index (χ1) is 9.24. The molecule has 0 radical (unpaired) electrons. The number of ether oxygens (including phenoxy) is 1. The van der Waals surface area contributed by atoms with Crippen LogP contribution in [0.4, 0.5) is 0 Å². The van der Waals surface area contributed by atoms with Crippen molar-refractivity contribution in [2.45, 2.75) is 25.8 Å². The predicted molar refractivity (Wildman–Crippen MR) is 69.8 cm³/mol. The average Bonchev–Trinajstić information content (AvgIpc) is 2.87. The van der Waals surface area contributed by atoms with Crippen molar-refractivity contribution >= 4 is 5.97 Å². The van der Waals surface area contributed by atoms with Crippen molar-refractivity contribution in [2.24, 2.45) is 5.92 Å². The van der Waals surface area contributed by atoms with E-state index in [0.717, 1.165) is 25.9 Å². The van der Waals surface area contributed by atoms with E-state index in [1.165, 1.54) is 19.8 Å². The highest BCUT2D eigenvalue weighted by molar-refractivity contribution is 5.90. The number of carbonyl (C=O) groups is 1. The SMILES string of the molecule is COC(=O)c1ccoc1CN1CCCC(CCO)C1. The van der Waals surface area contributed by atoms with Crippen LogP contribution in [-0.2, 0) is 11.3 Å². The molecule has 2 heterocycles. The quantitative estimate of drug-likeness (QED) is 0.822. The van der Waals surface area contributed by atoms with E-state index in [2.05, 4.69) is 4.90 Å². The molecule has 1 atom stereocenters. The lowest BCUT2D eigenvalue weighted by Crippen LogP contribution is -2.35. The molecule has 1 aliphatic heterocycles. The molecular formula is C14H21NO4. The third-order valence-corrected chi connectivity index (χ3v) is 3.66. The van der Waals surface area contributed by atoms with Crippen LogP contribution >= 0.6 is 0 Å². The van der Waals surface area contributed by atoms with E-state index in [9.17, 15) is 4.79 Å². The number of nitrogens with zero attached hydrogens (tertiary/aromatic N) is 1. The van der Waals surface area contributed by atoms with Gasteiger partial charge in [0.15, 0.2) is 0 Å². The van der Waals surface area contributed by atoms with Crippen molar-refractivity contribution in [3.05, 3.63) is 23.7 Å². The van der Waals surface area contributed by atoms with Crippen LogP contribution in [-0.4, -0.2) is 42.8 Å². The van der Waals surface area contributed by atoms with Gasteiger partial charge in [-0.05, 0) is 37.8 Å². The number of aliphatic hydroxyl groups excluding tert-OH is 1. The highest BCUT2D eigenvalue weighted by Gasteiger charge is 2.23. The van der Waals surface area contributed by atoms with Gasteiger partial charge in [0.25, 0.3) is 0 Å². The molecule has 1 fully saturated rings. The zero-order valence-electron chi connectivity index (χ0n) is 11.3. The molecule has 19 heavy (non-hydrogen) atoms. The predicted octanol–water partition coefficient (Wildman–Crippen LogP) is 1.66. The molecule has 0 bridgehead atoms. The van der Waals surface area contributed by atoms with Crippen molar-refractivity contribution in [2.75, 3.05) is 26.8 Å². The number of methoxy groups -OCH3 is 1. The van der Waals surface area contributed by atoms with Crippen LogP contribution in [0.15, 0.2) is 16.7 Å². The molecule has 1 saturated heterocycles. The molecule has 106 valence electrons.